The molecule has 0 atom stereocenters. The predicted molar refractivity (Wildman–Crippen MR) is 155 cm³/mol. The van der Waals surface area contributed by atoms with E-state index < -0.39 is 0 Å². The van der Waals surface area contributed by atoms with Crippen molar-refractivity contribution in [1.82, 2.24) is 15.0 Å². The second kappa shape index (κ2) is 12.9. The van der Waals surface area contributed by atoms with E-state index in [-0.39, 0.29) is 20.1 Å². The molecule has 0 saturated carbocycles. The zero-order valence-electron chi connectivity index (χ0n) is 21.4. The Bertz CT molecular complexity index is 1750. The van der Waals surface area contributed by atoms with Crippen molar-refractivity contribution < 1.29 is 24.5 Å². The number of aromatic nitrogens is 3. The third kappa shape index (κ3) is 6.29. The molecule has 0 N–H and O–H groups in total. The summed E-state index contributed by atoms with van der Waals surface area (Å²) in [6.07, 6.45) is 5.36. The van der Waals surface area contributed by atoms with Gasteiger partial charge in [-0.3, -0.25) is 4.98 Å². The summed E-state index contributed by atoms with van der Waals surface area (Å²) >= 11 is 0. The first-order valence-electron chi connectivity index (χ1n) is 12.6. The summed E-state index contributed by atoms with van der Waals surface area (Å²) in [4.78, 5) is 13.0. The maximum absolute atomic E-state index is 5.96. The summed E-state index contributed by atoms with van der Waals surface area (Å²) < 4.78 is 5.96. The molecule has 195 valence electrons. The van der Waals surface area contributed by atoms with E-state index in [9.17, 15) is 0 Å². The number of furan rings is 1. The average molecular weight is 694 g/mol. The normalized spacial score (nSPS) is 10.3. The molecule has 0 saturated heterocycles. The Morgan fingerprint density at radius 2 is 1.12 bits per heavy atom. The Balaban J connectivity index is 0.000000209. The van der Waals surface area contributed by atoms with Crippen molar-refractivity contribution in [1.29, 1.82) is 0 Å². The van der Waals surface area contributed by atoms with Gasteiger partial charge in [0, 0.05) is 44.1 Å². The minimum atomic E-state index is 0. The molecule has 0 bridgehead atoms. The number of pyridine rings is 3. The van der Waals surface area contributed by atoms with Crippen molar-refractivity contribution >= 4 is 11.0 Å². The summed E-state index contributed by atoms with van der Waals surface area (Å²) in [5.74, 6) is 0.776. The predicted octanol–water partition coefficient (Wildman–Crippen LogP) is 8.57. The van der Waals surface area contributed by atoms with Gasteiger partial charge in [-0.25, -0.2) is 0 Å². The van der Waals surface area contributed by atoms with Crippen molar-refractivity contribution in [3.63, 3.8) is 0 Å². The maximum atomic E-state index is 5.96. The monoisotopic (exact) mass is 694 g/mol. The third-order valence-corrected chi connectivity index (χ3v) is 6.16. The van der Waals surface area contributed by atoms with Crippen LogP contribution < -0.4 is 0 Å². The largest absolute Gasteiger partial charge is 0.454 e. The molecule has 40 heavy (non-hydrogen) atoms. The topological polar surface area (TPSA) is 51.8 Å². The van der Waals surface area contributed by atoms with Crippen LogP contribution in [0.3, 0.4) is 0 Å². The van der Waals surface area contributed by atoms with Crippen LogP contribution in [0.25, 0.3) is 56.1 Å². The van der Waals surface area contributed by atoms with Crippen molar-refractivity contribution in [3.8, 4) is 45.1 Å². The van der Waals surface area contributed by atoms with Gasteiger partial charge in [-0.1, -0.05) is 36.4 Å². The number of fused-ring (bicyclic) bond motifs is 1. The Morgan fingerprint density at radius 3 is 1.77 bits per heavy atom. The minimum Gasteiger partial charge on any atom is -0.454 e. The van der Waals surface area contributed by atoms with Crippen molar-refractivity contribution in [3.05, 3.63) is 152 Å². The van der Waals surface area contributed by atoms with E-state index >= 15 is 0 Å². The Hall–Kier alpha value is -4.70. The second-order valence-electron chi connectivity index (χ2n) is 8.78. The average Bonchev–Trinajstić information content (AvgIpc) is 3.47. The summed E-state index contributed by atoms with van der Waals surface area (Å²) in [5.41, 5.74) is 7.85. The summed E-state index contributed by atoms with van der Waals surface area (Å²) in [6.45, 7) is 0. The molecule has 0 aliphatic rings. The van der Waals surface area contributed by atoms with E-state index in [4.69, 9.17) is 4.42 Å². The van der Waals surface area contributed by atoms with Gasteiger partial charge in [-0.2, -0.15) is 0 Å². The number of hydrogen-bond acceptors (Lipinski definition) is 4. The fourth-order valence-corrected chi connectivity index (χ4v) is 4.25. The van der Waals surface area contributed by atoms with Crippen molar-refractivity contribution in [2.24, 2.45) is 0 Å². The van der Waals surface area contributed by atoms with Crippen LogP contribution in [0.5, 0.6) is 0 Å². The zero-order chi connectivity index (χ0) is 26.3. The molecule has 0 fully saturated rings. The summed E-state index contributed by atoms with van der Waals surface area (Å²) in [5, 5.41) is 1.06. The molecule has 0 amide bonds. The molecule has 0 unspecified atom stereocenters. The van der Waals surface area contributed by atoms with Gasteiger partial charge in [0.05, 0.1) is 0 Å². The van der Waals surface area contributed by atoms with Crippen LogP contribution in [0.4, 0.5) is 0 Å². The van der Waals surface area contributed by atoms with Crippen LogP contribution in [-0.4, -0.2) is 15.0 Å². The van der Waals surface area contributed by atoms with Crippen molar-refractivity contribution in [2.75, 3.05) is 0 Å². The van der Waals surface area contributed by atoms with Crippen molar-refractivity contribution in [2.45, 2.75) is 0 Å². The third-order valence-electron chi connectivity index (χ3n) is 6.16. The van der Waals surface area contributed by atoms with E-state index in [1.54, 1.807) is 18.6 Å². The van der Waals surface area contributed by atoms with Crippen LogP contribution in [0.2, 0.25) is 0 Å². The standard InChI is InChI=1S/C24H15N2O.C11H8N.Ir/c1-3-12-25-21(8-1)19-7-5-6-17(14-19)18-10-11-23-20(15-18)16-24(27-23)22-9-2-4-13-26-22;1-2-6-10(7-3-1)11-8-4-5-9-12-11;/h1-6,8-16H;1-6,8-9H;/q2*-1;. The molecular weight excluding hydrogens is 671 g/mol. The summed E-state index contributed by atoms with van der Waals surface area (Å²) in [6, 6.07) is 46.2. The van der Waals surface area contributed by atoms with Gasteiger partial charge >= 0.3 is 0 Å². The molecule has 0 aliphatic carbocycles. The van der Waals surface area contributed by atoms with Gasteiger partial charge in [0.15, 0.2) is 5.76 Å². The first kappa shape index (κ1) is 26.9. The number of nitrogens with zero attached hydrogens (tertiary/aromatic N) is 3. The molecular formula is C35H23IrN3O-2. The fourth-order valence-electron chi connectivity index (χ4n) is 4.25. The Labute approximate surface area is 246 Å². The zero-order valence-corrected chi connectivity index (χ0v) is 23.8. The molecule has 4 aromatic heterocycles. The SMILES string of the molecule is [Ir].[c-]1ccc(-c2ccc3oc(-c4ccccn4)cc3c2)cc1-c1ccccn1.[c-]1ccccc1-c1ccccn1. The van der Waals surface area contributed by atoms with Crippen LogP contribution in [0, 0.1) is 12.1 Å². The van der Waals surface area contributed by atoms with E-state index in [1.165, 1.54) is 0 Å². The van der Waals surface area contributed by atoms with Crippen LogP contribution in [0.1, 0.15) is 0 Å². The van der Waals surface area contributed by atoms with Gasteiger partial charge in [-0.15, -0.1) is 71.3 Å². The molecule has 1 radical (unpaired) electrons. The van der Waals surface area contributed by atoms with Gasteiger partial charge in [0.1, 0.15) is 11.3 Å². The van der Waals surface area contributed by atoms with E-state index in [0.717, 1.165) is 56.1 Å². The smallest absolute Gasteiger partial charge is 0.153 e. The molecule has 7 rings (SSSR count). The maximum Gasteiger partial charge on any atom is 0.153 e. The summed E-state index contributed by atoms with van der Waals surface area (Å²) in [7, 11) is 0. The molecule has 4 nitrogen and oxygen atoms in total. The fraction of sp³-hybridized carbons (Fsp3) is 0. The second-order valence-corrected chi connectivity index (χ2v) is 8.78. The molecule has 7 aromatic rings. The van der Waals surface area contributed by atoms with E-state index in [1.807, 2.05) is 97.1 Å². The van der Waals surface area contributed by atoms with Gasteiger partial charge in [0.25, 0.3) is 0 Å². The molecule has 3 aromatic carbocycles. The number of rotatable bonds is 4. The first-order valence-corrected chi connectivity index (χ1v) is 12.6. The van der Waals surface area contributed by atoms with Gasteiger partial charge < -0.3 is 14.4 Å². The first-order chi connectivity index (χ1) is 19.3. The quantitative estimate of drug-likeness (QED) is 0.174. The van der Waals surface area contributed by atoms with Crippen LogP contribution in [0.15, 0.2) is 144 Å². The Kier molecular flexibility index (Phi) is 8.67. The van der Waals surface area contributed by atoms with E-state index in [0.29, 0.717) is 0 Å². The molecule has 5 heteroatoms. The Morgan fingerprint density at radius 1 is 0.500 bits per heavy atom. The molecule has 0 aliphatic heterocycles. The minimum absolute atomic E-state index is 0. The van der Waals surface area contributed by atoms with Crippen LogP contribution in [-0.2, 0) is 20.1 Å². The molecule has 0 spiro atoms. The number of hydrogen-bond donors (Lipinski definition) is 0. The van der Waals surface area contributed by atoms with E-state index in [2.05, 4.69) is 51.4 Å². The van der Waals surface area contributed by atoms with Gasteiger partial charge in [-0.05, 0) is 59.4 Å². The number of benzene rings is 3. The van der Waals surface area contributed by atoms with Gasteiger partial charge in [0.2, 0.25) is 0 Å². The molecule has 4 heterocycles. The van der Waals surface area contributed by atoms with Crippen LogP contribution >= 0.6 is 0 Å².